The number of hydrogen-bond acceptors (Lipinski definition) is 6. The maximum atomic E-state index is 11.5. The molecular formula is C24H27N3O2S. The summed E-state index contributed by atoms with van der Waals surface area (Å²) in [5, 5.41) is 6.71. The van der Waals surface area contributed by atoms with Gasteiger partial charge in [0.15, 0.2) is 0 Å². The van der Waals surface area contributed by atoms with E-state index in [4.69, 9.17) is 4.74 Å². The molecule has 3 rings (SSSR count). The monoisotopic (exact) mass is 421 g/mol. The van der Waals surface area contributed by atoms with Crippen molar-refractivity contribution in [2.24, 2.45) is 5.10 Å². The van der Waals surface area contributed by atoms with Crippen molar-refractivity contribution >= 4 is 28.7 Å². The van der Waals surface area contributed by atoms with Crippen LogP contribution in [0.3, 0.4) is 0 Å². The van der Waals surface area contributed by atoms with E-state index in [0.717, 1.165) is 5.56 Å². The first-order valence-corrected chi connectivity index (χ1v) is 10.8. The van der Waals surface area contributed by atoms with Crippen LogP contribution in [0, 0.1) is 0 Å². The van der Waals surface area contributed by atoms with E-state index in [0.29, 0.717) is 17.4 Å². The van der Waals surface area contributed by atoms with Crippen molar-refractivity contribution in [2.75, 3.05) is 12.0 Å². The smallest absolute Gasteiger partial charge is 0.311 e. The predicted molar refractivity (Wildman–Crippen MR) is 124 cm³/mol. The van der Waals surface area contributed by atoms with Gasteiger partial charge in [0.2, 0.25) is 5.13 Å². The molecule has 0 aliphatic heterocycles. The van der Waals surface area contributed by atoms with Crippen LogP contribution in [0.4, 0.5) is 5.13 Å². The Kier molecular flexibility index (Phi) is 7.00. The van der Waals surface area contributed by atoms with E-state index < -0.39 is 0 Å². The normalized spacial score (nSPS) is 11.6. The SMILES string of the molecule is CCOC(=O)Cc1csc(NN=Cc2ccc(-c3ccc(C(C)(C)C)cc3)cc2)n1. The molecule has 1 N–H and O–H groups in total. The average Bonchev–Trinajstić information content (AvgIpc) is 3.15. The summed E-state index contributed by atoms with van der Waals surface area (Å²) in [6.07, 6.45) is 1.92. The van der Waals surface area contributed by atoms with Gasteiger partial charge in [-0.3, -0.25) is 10.2 Å². The van der Waals surface area contributed by atoms with Crippen LogP contribution in [-0.4, -0.2) is 23.8 Å². The number of ether oxygens (including phenoxy) is 1. The molecular weight excluding hydrogens is 394 g/mol. The summed E-state index contributed by atoms with van der Waals surface area (Å²) < 4.78 is 4.93. The molecule has 2 aromatic carbocycles. The summed E-state index contributed by atoms with van der Waals surface area (Å²) in [6.45, 7) is 8.82. The van der Waals surface area contributed by atoms with Gasteiger partial charge in [-0.25, -0.2) is 4.98 Å². The van der Waals surface area contributed by atoms with E-state index in [1.165, 1.54) is 28.0 Å². The van der Waals surface area contributed by atoms with Gasteiger partial charge in [-0.2, -0.15) is 5.10 Å². The van der Waals surface area contributed by atoms with Crippen molar-refractivity contribution in [3.05, 3.63) is 70.7 Å². The maximum Gasteiger partial charge on any atom is 0.311 e. The summed E-state index contributed by atoms with van der Waals surface area (Å²) in [5.74, 6) is -0.272. The molecule has 0 radical (unpaired) electrons. The third-order valence-corrected chi connectivity index (χ3v) is 5.35. The molecule has 0 saturated heterocycles. The molecule has 0 amide bonds. The summed E-state index contributed by atoms with van der Waals surface area (Å²) >= 11 is 1.40. The maximum absolute atomic E-state index is 11.5. The number of nitrogens with zero attached hydrogens (tertiary/aromatic N) is 2. The third-order valence-electron chi connectivity index (χ3n) is 4.55. The van der Waals surface area contributed by atoms with Gasteiger partial charge in [-0.1, -0.05) is 69.3 Å². The largest absolute Gasteiger partial charge is 0.466 e. The van der Waals surface area contributed by atoms with E-state index >= 15 is 0 Å². The lowest BCUT2D eigenvalue weighted by atomic mass is 9.86. The van der Waals surface area contributed by atoms with Crippen LogP contribution in [0.15, 0.2) is 59.0 Å². The van der Waals surface area contributed by atoms with E-state index in [1.807, 2.05) is 17.5 Å². The number of hydrogen-bond donors (Lipinski definition) is 1. The molecule has 30 heavy (non-hydrogen) atoms. The molecule has 5 nitrogen and oxygen atoms in total. The van der Waals surface area contributed by atoms with Crippen LogP contribution in [0.25, 0.3) is 11.1 Å². The fourth-order valence-electron chi connectivity index (χ4n) is 2.89. The Bertz CT molecular complexity index is 1000. The highest BCUT2D eigenvalue weighted by Crippen LogP contribution is 2.26. The van der Waals surface area contributed by atoms with Crippen LogP contribution < -0.4 is 5.43 Å². The zero-order valence-corrected chi connectivity index (χ0v) is 18.6. The zero-order chi connectivity index (χ0) is 21.6. The van der Waals surface area contributed by atoms with Crippen LogP contribution in [-0.2, 0) is 21.4 Å². The summed E-state index contributed by atoms with van der Waals surface area (Å²) in [6, 6.07) is 17.0. The van der Waals surface area contributed by atoms with Gasteiger partial charge in [0.25, 0.3) is 0 Å². The molecule has 0 fully saturated rings. The zero-order valence-electron chi connectivity index (χ0n) is 17.8. The minimum Gasteiger partial charge on any atom is -0.466 e. The van der Waals surface area contributed by atoms with Gasteiger partial charge in [0.1, 0.15) is 0 Å². The fourth-order valence-corrected chi connectivity index (χ4v) is 3.54. The first-order chi connectivity index (χ1) is 14.3. The summed E-state index contributed by atoms with van der Waals surface area (Å²) in [4.78, 5) is 15.8. The number of rotatable bonds is 7. The summed E-state index contributed by atoms with van der Waals surface area (Å²) in [7, 11) is 0. The number of nitrogens with one attached hydrogen (secondary N) is 1. The molecule has 0 aliphatic rings. The highest BCUT2D eigenvalue weighted by atomic mass is 32.1. The van der Waals surface area contributed by atoms with Crippen molar-refractivity contribution in [3.63, 3.8) is 0 Å². The number of thiazole rings is 1. The number of esters is 1. The Labute approximate surface area is 181 Å². The van der Waals surface area contributed by atoms with Crippen LogP contribution in [0.1, 0.15) is 44.5 Å². The highest BCUT2D eigenvalue weighted by molar-refractivity contribution is 7.13. The minimum absolute atomic E-state index is 0.156. The Hall–Kier alpha value is -2.99. The van der Waals surface area contributed by atoms with Crippen LogP contribution in [0.2, 0.25) is 0 Å². The van der Waals surface area contributed by atoms with Crippen LogP contribution in [0.5, 0.6) is 0 Å². The predicted octanol–water partition coefficient (Wildman–Crippen LogP) is 5.66. The van der Waals surface area contributed by atoms with Gasteiger partial charge in [0, 0.05) is 5.38 Å². The van der Waals surface area contributed by atoms with Crippen molar-refractivity contribution in [3.8, 4) is 11.1 Å². The van der Waals surface area contributed by atoms with E-state index in [-0.39, 0.29) is 17.8 Å². The number of carbonyl (C=O) groups is 1. The van der Waals surface area contributed by atoms with E-state index in [1.54, 1.807) is 13.1 Å². The van der Waals surface area contributed by atoms with E-state index in [9.17, 15) is 4.79 Å². The molecule has 0 saturated carbocycles. The molecule has 156 valence electrons. The molecule has 0 spiro atoms. The van der Waals surface area contributed by atoms with Gasteiger partial charge < -0.3 is 4.74 Å². The molecule has 3 aromatic rings. The van der Waals surface area contributed by atoms with Gasteiger partial charge in [-0.15, -0.1) is 11.3 Å². The Morgan fingerprint density at radius 1 is 1.10 bits per heavy atom. The lowest BCUT2D eigenvalue weighted by molar-refractivity contribution is -0.142. The molecule has 0 atom stereocenters. The lowest BCUT2D eigenvalue weighted by Gasteiger charge is -2.19. The second-order valence-corrected chi connectivity index (χ2v) is 8.80. The Morgan fingerprint density at radius 2 is 1.73 bits per heavy atom. The quantitative estimate of drug-likeness (QED) is 0.304. The van der Waals surface area contributed by atoms with Crippen LogP contribution >= 0.6 is 11.3 Å². The highest BCUT2D eigenvalue weighted by Gasteiger charge is 2.13. The summed E-state index contributed by atoms with van der Waals surface area (Å²) in [5.41, 5.74) is 8.43. The van der Waals surface area contributed by atoms with Gasteiger partial charge in [0.05, 0.1) is 24.9 Å². The van der Waals surface area contributed by atoms with Crippen molar-refractivity contribution < 1.29 is 9.53 Å². The second kappa shape index (κ2) is 9.67. The molecule has 0 aliphatic carbocycles. The number of anilines is 1. The minimum atomic E-state index is -0.272. The van der Waals surface area contributed by atoms with Gasteiger partial charge >= 0.3 is 5.97 Å². The van der Waals surface area contributed by atoms with Crippen molar-refractivity contribution in [1.29, 1.82) is 0 Å². The number of aromatic nitrogens is 1. The standard InChI is InChI=1S/C24H27N3O2S/c1-5-29-22(28)14-21-16-30-23(26-21)27-25-15-17-6-8-18(9-7-17)19-10-12-20(13-11-19)24(2,3)4/h6-13,15-16H,5,14H2,1-4H3,(H,26,27). The number of benzene rings is 2. The van der Waals surface area contributed by atoms with E-state index in [2.05, 4.69) is 72.7 Å². The number of carbonyl (C=O) groups excluding carboxylic acids is 1. The van der Waals surface area contributed by atoms with Crippen molar-refractivity contribution in [2.45, 2.75) is 39.5 Å². The fraction of sp³-hybridized carbons (Fsp3) is 0.292. The second-order valence-electron chi connectivity index (χ2n) is 7.95. The van der Waals surface area contributed by atoms with Gasteiger partial charge in [-0.05, 0) is 34.6 Å². The topological polar surface area (TPSA) is 63.6 Å². The van der Waals surface area contributed by atoms with Crippen molar-refractivity contribution in [1.82, 2.24) is 4.98 Å². The first kappa shape index (κ1) is 21.7. The first-order valence-electron chi connectivity index (χ1n) is 9.95. The molecule has 1 aromatic heterocycles. The Balaban J connectivity index is 1.57. The number of hydrazone groups is 1. The molecule has 0 unspecified atom stereocenters. The molecule has 1 heterocycles. The lowest BCUT2D eigenvalue weighted by Crippen LogP contribution is -2.10. The molecule has 6 heteroatoms. The Morgan fingerprint density at radius 3 is 2.33 bits per heavy atom. The third kappa shape index (κ3) is 6.00. The average molecular weight is 422 g/mol. The molecule has 0 bridgehead atoms.